The van der Waals surface area contributed by atoms with Gasteiger partial charge >= 0.3 is 5.97 Å². The fourth-order valence-electron chi connectivity index (χ4n) is 2.50. The number of carboxylic acids is 1. The quantitative estimate of drug-likeness (QED) is 0.819. The summed E-state index contributed by atoms with van der Waals surface area (Å²) in [6, 6.07) is 14.1. The highest BCUT2D eigenvalue weighted by Crippen LogP contribution is 2.28. The van der Waals surface area contributed by atoms with Gasteiger partial charge in [-0.25, -0.2) is 4.79 Å². The number of para-hydroxylation sites is 1. The lowest BCUT2D eigenvalue weighted by molar-refractivity contribution is -0.121. The van der Waals surface area contributed by atoms with Crippen LogP contribution >= 0.6 is 0 Å². The van der Waals surface area contributed by atoms with Crippen molar-refractivity contribution in [3.63, 3.8) is 0 Å². The summed E-state index contributed by atoms with van der Waals surface area (Å²) in [7, 11) is 1.62. The van der Waals surface area contributed by atoms with Crippen LogP contribution in [0.2, 0.25) is 0 Å². The van der Waals surface area contributed by atoms with Crippen molar-refractivity contribution in [2.75, 3.05) is 7.11 Å². The van der Waals surface area contributed by atoms with Crippen molar-refractivity contribution in [1.82, 2.24) is 5.32 Å². The average Bonchev–Trinajstić information content (AvgIpc) is 2.60. The first kappa shape index (κ1) is 17.5. The SMILES string of the molecule is COc1ccccc1C(C)CC(=O)NCc1ccc(C(=O)O)cc1. The van der Waals surface area contributed by atoms with Crippen molar-refractivity contribution in [2.45, 2.75) is 25.8 Å². The number of hydrogen-bond donors (Lipinski definition) is 2. The molecule has 0 spiro atoms. The van der Waals surface area contributed by atoms with Gasteiger partial charge in [0, 0.05) is 13.0 Å². The number of carboxylic acid groups (broad SMARTS) is 1. The Balaban J connectivity index is 1.89. The lowest BCUT2D eigenvalue weighted by Gasteiger charge is -2.15. The van der Waals surface area contributed by atoms with E-state index in [2.05, 4.69) is 5.32 Å². The zero-order valence-electron chi connectivity index (χ0n) is 13.8. The number of hydrogen-bond acceptors (Lipinski definition) is 3. The summed E-state index contributed by atoms with van der Waals surface area (Å²) in [5, 5.41) is 11.7. The zero-order valence-corrected chi connectivity index (χ0v) is 13.8. The third-order valence-electron chi connectivity index (χ3n) is 3.85. The van der Waals surface area contributed by atoms with Gasteiger partial charge in [0.1, 0.15) is 5.75 Å². The molecule has 0 radical (unpaired) electrons. The van der Waals surface area contributed by atoms with Crippen LogP contribution in [0.4, 0.5) is 0 Å². The molecule has 0 bridgehead atoms. The lowest BCUT2D eigenvalue weighted by Crippen LogP contribution is -2.24. The molecule has 0 fully saturated rings. The largest absolute Gasteiger partial charge is 0.496 e. The summed E-state index contributed by atoms with van der Waals surface area (Å²) in [5.74, 6) is -0.204. The molecule has 0 saturated carbocycles. The molecular weight excluding hydrogens is 306 g/mol. The summed E-state index contributed by atoms with van der Waals surface area (Å²) in [5.41, 5.74) is 2.09. The Kier molecular flexibility index (Phi) is 5.95. The predicted octanol–water partition coefficient (Wildman–Crippen LogP) is 3.20. The Labute approximate surface area is 141 Å². The van der Waals surface area contributed by atoms with Gasteiger partial charge in [-0.15, -0.1) is 0 Å². The van der Waals surface area contributed by atoms with Gasteiger partial charge in [0.25, 0.3) is 0 Å². The van der Waals surface area contributed by atoms with Crippen LogP contribution in [0.3, 0.4) is 0 Å². The van der Waals surface area contributed by atoms with Crippen LogP contribution in [0.5, 0.6) is 5.75 Å². The molecule has 0 aromatic heterocycles. The van der Waals surface area contributed by atoms with Gasteiger partial charge in [0.2, 0.25) is 5.91 Å². The first-order chi connectivity index (χ1) is 11.5. The molecule has 1 amide bonds. The molecule has 2 aromatic carbocycles. The van der Waals surface area contributed by atoms with Gasteiger partial charge in [0.05, 0.1) is 12.7 Å². The van der Waals surface area contributed by atoms with Crippen molar-refractivity contribution in [3.8, 4) is 5.75 Å². The van der Waals surface area contributed by atoms with E-state index >= 15 is 0 Å². The number of benzene rings is 2. The number of methoxy groups -OCH3 is 1. The van der Waals surface area contributed by atoms with E-state index in [-0.39, 0.29) is 17.4 Å². The van der Waals surface area contributed by atoms with Crippen molar-refractivity contribution < 1.29 is 19.4 Å². The Bertz CT molecular complexity index is 710. The van der Waals surface area contributed by atoms with Crippen LogP contribution < -0.4 is 10.1 Å². The summed E-state index contributed by atoms with van der Waals surface area (Å²) in [6.45, 7) is 2.36. The minimum absolute atomic E-state index is 0.0375. The molecule has 1 atom stereocenters. The molecule has 0 aliphatic rings. The van der Waals surface area contributed by atoms with Crippen LogP contribution in [0.25, 0.3) is 0 Å². The number of ether oxygens (including phenoxy) is 1. The molecule has 5 heteroatoms. The fraction of sp³-hybridized carbons (Fsp3) is 0.263. The first-order valence-electron chi connectivity index (χ1n) is 7.73. The van der Waals surface area contributed by atoms with E-state index in [9.17, 15) is 9.59 Å². The van der Waals surface area contributed by atoms with Crippen molar-refractivity contribution in [2.24, 2.45) is 0 Å². The molecule has 0 aliphatic carbocycles. The van der Waals surface area contributed by atoms with E-state index in [0.717, 1.165) is 16.9 Å². The van der Waals surface area contributed by atoms with Crippen molar-refractivity contribution in [3.05, 3.63) is 65.2 Å². The number of rotatable bonds is 7. The highest BCUT2D eigenvalue weighted by atomic mass is 16.5. The van der Waals surface area contributed by atoms with Crippen molar-refractivity contribution >= 4 is 11.9 Å². The summed E-state index contributed by atoms with van der Waals surface area (Å²) >= 11 is 0. The molecule has 2 N–H and O–H groups in total. The summed E-state index contributed by atoms with van der Waals surface area (Å²) in [4.78, 5) is 22.9. The fourth-order valence-corrected chi connectivity index (χ4v) is 2.50. The van der Waals surface area contributed by atoms with Crippen LogP contribution in [0.15, 0.2) is 48.5 Å². The normalized spacial score (nSPS) is 11.6. The maximum Gasteiger partial charge on any atom is 0.335 e. The Hall–Kier alpha value is -2.82. The highest BCUT2D eigenvalue weighted by molar-refractivity contribution is 5.87. The van der Waals surface area contributed by atoms with Gasteiger partial charge in [-0.2, -0.15) is 0 Å². The molecule has 0 heterocycles. The minimum atomic E-state index is -0.962. The molecular formula is C19H21NO4. The molecule has 5 nitrogen and oxygen atoms in total. The van der Waals surface area contributed by atoms with Gasteiger partial charge in [0.15, 0.2) is 0 Å². The van der Waals surface area contributed by atoms with E-state index in [1.54, 1.807) is 19.2 Å². The van der Waals surface area contributed by atoms with E-state index in [1.807, 2.05) is 31.2 Å². The molecule has 1 unspecified atom stereocenters. The van der Waals surface area contributed by atoms with Gasteiger partial charge in [-0.1, -0.05) is 37.3 Å². The molecule has 126 valence electrons. The van der Waals surface area contributed by atoms with Gasteiger partial charge < -0.3 is 15.2 Å². The first-order valence-corrected chi connectivity index (χ1v) is 7.73. The van der Waals surface area contributed by atoms with Gasteiger partial charge in [-0.05, 0) is 35.2 Å². The number of carbonyl (C=O) groups excluding carboxylic acids is 1. The van der Waals surface area contributed by atoms with E-state index < -0.39 is 5.97 Å². The lowest BCUT2D eigenvalue weighted by atomic mass is 9.96. The second-order valence-electron chi connectivity index (χ2n) is 5.63. The number of aromatic carboxylic acids is 1. The number of nitrogens with one attached hydrogen (secondary N) is 1. The van der Waals surface area contributed by atoms with Crippen LogP contribution in [0.1, 0.15) is 40.7 Å². The van der Waals surface area contributed by atoms with E-state index in [4.69, 9.17) is 9.84 Å². The summed E-state index contributed by atoms with van der Waals surface area (Å²) in [6.07, 6.45) is 0.355. The minimum Gasteiger partial charge on any atom is -0.496 e. The average molecular weight is 327 g/mol. The second kappa shape index (κ2) is 8.15. The summed E-state index contributed by atoms with van der Waals surface area (Å²) < 4.78 is 5.33. The standard InChI is InChI=1S/C19H21NO4/c1-13(16-5-3-4-6-17(16)24-2)11-18(21)20-12-14-7-9-15(10-8-14)19(22)23/h3-10,13H,11-12H2,1-2H3,(H,20,21)(H,22,23). The Morgan fingerprint density at radius 3 is 2.42 bits per heavy atom. The Morgan fingerprint density at radius 1 is 1.12 bits per heavy atom. The van der Waals surface area contributed by atoms with E-state index in [0.29, 0.717) is 13.0 Å². The maximum atomic E-state index is 12.1. The van der Waals surface area contributed by atoms with Crippen LogP contribution in [-0.2, 0) is 11.3 Å². The van der Waals surface area contributed by atoms with E-state index in [1.165, 1.54) is 12.1 Å². The topological polar surface area (TPSA) is 75.6 Å². The zero-order chi connectivity index (χ0) is 17.5. The van der Waals surface area contributed by atoms with Crippen LogP contribution in [0, 0.1) is 0 Å². The predicted molar refractivity (Wildman–Crippen MR) is 91.3 cm³/mol. The third-order valence-corrected chi connectivity index (χ3v) is 3.85. The van der Waals surface area contributed by atoms with Crippen LogP contribution in [-0.4, -0.2) is 24.1 Å². The molecule has 0 saturated heterocycles. The molecule has 2 rings (SSSR count). The third kappa shape index (κ3) is 4.59. The smallest absolute Gasteiger partial charge is 0.335 e. The molecule has 24 heavy (non-hydrogen) atoms. The maximum absolute atomic E-state index is 12.1. The molecule has 0 aliphatic heterocycles. The second-order valence-corrected chi connectivity index (χ2v) is 5.63. The Morgan fingerprint density at radius 2 is 1.79 bits per heavy atom. The number of amides is 1. The van der Waals surface area contributed by atoms with Gasteiger partial charge in [-0.3, -0.25) is 4.79 Å². The molecule has 2 aromatic rings. The number of carbonyl (C=O) groups is 2. The highest BCUT2D eigenvalue weighted by Gasteiger charge is 2.14. The monoisotopic (exact) mass is 327 g/mol. The van der Waals surface area contributed by atoms with Crippen molar-refractivity contribution in [1.29, 1.82) is 0 Å².